The molecule has 0 aromatic heterocycles. The average molecular weight is 292 g/mol. The number of phenols is 1. The minimum atomic E-state index is 0.281. The van der Waals surface area contributed by atoms with Crippen molar-refractivity contribution in [3.63, 3.8) is 0 Å². The molecule has 2 rings (SSSR count). The maximum absolute atomic E-state index is 9.54. The minimum Gasteiger partial charge on any atom is -0.507 e. The lowest BCUT2D eigenvalue weighted by atomic mass is 10.2. The van der Waals surface area contributed by atoms with Gasteiger partial charge in [0.1, 0.15) is 5.75 Å². The molecule has 3 heteroatoms. The predicted molar refractivity (Wildman–Crippen MR) is 72.8 cm³/mol. The van der Waals surface area contributed by atoms with Crippen LogP contribution in [-0.4, -0.2) is 5.11 Å². The number of phenolic OH excluding ortho intramolecular Hbond substituents is 1. The molecule has 0 amide bonds. The van der Waals surface area contributed by atoms with E-state index in [2.05, 4.69) is 33.4 Å². The third-order valence-electron chi connectivity index (χ3n) is 2.55. The first-order chi connectivity index (χ1) is 8.27. The third-order valence-corrected chi connectivity index (χ3v) is 3.46. The van der Waals surface area contributed by atoms with E-state index >= 15 is 0 Å². The average Bonchev–Trinajstić information content (AvgIpc) is 2.36. The van der Waals surface area contributed by atoms with Gasteiger partial charge in [0, 0.05) is 13.1 Å². The summed E-state index contributed by atoms with van der Waals surface area (Å²) in [6.07, 6.45) is 0. The van der Waals surface area contributed by atoms with Gasteiger partial charge in [-0.3, -0.25) is 0 Å². The Morgan fingerprint density at radius 1 is 0.941 bits per heavy atom. The van der Waals surface area contributed by atoms with E-state index in [1.807, 2.05) is 30.3 Å². The highest BCUT2D eigenvalue weighted by Gasteiger charge is 2.03. The summed E-state index contributed by atoms with van der Waals surface area (Å²) in [6, 6.07) is 15.7. The molecule has 0 heterocycles. The number of rotatable bonds is 4. The van der Waals surface area contributed by atoms with Crippen LogP contribution in [0.4, 0.5) is 0 Å². The van der Waals surface area contributed by atoms with Crippen molar-refractivity contribution in [3.8, 4) is 5.75 Å². The van der Waals surface area contributed by atoms with Crippen molar-refractivity contribution < 1.29 is 5.11 Å². The van der Waals surface area contributed by atoms with Crippen molar-refractivity contribution in [1.82, 2.24) is 5.32 Å². The van der Waals surface area contributed by atoms with Crippen LogP contribution in [0.1, 0.15) is 11.1 Å². The highest BCUT2D eigenvalue weighted by Crippen LogP contribution is 2.26. The molecule has 17 heavy (non-hydrogen) atoms. The van der Waals surface area contributed by atoms with Crippen molar-refractivity contribution in [2.24, 2.45) is 0 Å². The van der Waals surface area contributed by atoms with Crippen LogP contribution in [0.25, 0.3) is 0 Å². The summed E-state index contributed by atoms with van der Waals surface area (Å²) in [4.78, 5) is 0. The van der Waals surface area contributed by atoms with Gasteiger partial charge in [0.2, 0.25) is 0 Å². The van der Waals surface area contributed by atoms with Crippen molar-refractivity contribution in [2.75, 3.05) is 0 Å². The molecule has 0 bridgehead atoms. The zero-order valence-electron chi connectivity index (χ0n) is 9.36. The zero-order chi connectivity index (χ0) is 12.1. The van der Waals surface area contributed by atoms with Crippen molar-refractivity contribution in [3.05, 3.63) is 64.1 Å². The van der Waals surface area contributed by atoms with E-state index < -0.39 is 0 Å². The van der Waals surface area contributed by atoms with E-state index in [0.29, 0.717) is 0 Å². The van der Waals surface area contributed by atoms with Crippen LogP contribution in [0, 0.1) is 0 Å². The Labute approximate surface area is 109 Å². The predicted octanol–water partition coefficient (Wildman–Crippen LogP) is 3.44. The number of nitrogens with one attached hydrogen (secondary N) is 1. The Bertz CT molecular complexity index is 485. The SMILES string of the molecule is Oc1cccc(CNCc2ccccc2)c1Br. The number of halogens is 1. The summed E-state index contributed by atoms with van der Waals surface area (Å²) in [7, 11) is 0. The number of hydrogen-bond acceptors (Lipinski definition) is 2. The fourth-order valence-corrected chi connectivity index (χ4v) is 2.04. The second kappa shape index (κ2) is 5.84. The second-order valence-corrected chi connectivity index (χ2v) is 4.63. The molecule has 0 saturated carbocycles. The maximum Gasteiger partial charge on any atom is 0.130 e. The van der Waals surface area contributed by atoms with Crippen molar-refractivity contribution in [2.45, 2.75) is 13.1 Å². The van der Waals surface area contributed by atoms with Gasteiger partial charge in [-0.2, -0.15) is 0 Å². The van der Waals surface area contributed by atoms with Gasteiger partial charge in [0.15, 0.2) is 0 Å². The second-order valence-electron chi connectivity index (χ2n) is 3.84. The molecule has 0 aliphatic rings. The lowest BCUT2D eigenvalue weighted by molar-refractivity contribution is 0.470. The first-order valence-corrected chi connectivity index (χ1v) is 6.27. The summed E-state index contributed by atoms with van der Waals surface area (Å²) < 4.78 is 0.764. The van der Waals surface area contributed by atoms with Crippen LogP contribution in [0.15, 0.2) is 53.0 Å². The number of aromatic hydroxyl groups is 1. The Kier molecular flexibility index (Phi) is 4.18. The fraction of sp³-hybridized carbons (Fsp3) is 0.143. The van der Waals surface area contributed by atoms with Crippen LogP contribution < -0.4 is 5.32 Å². The molecule has 0 radical (unpaired) electrons. The smallest absolute Gasteiger partial charge is 0.130 e. The molecule has 0 spiro atoms. The summed E-state index contributed by atoms with van der Waals surface area (Å²) in [6.45, 7) is 1.55. The Morgan fingerprint density at radius 3 is 2.47 bits per heavy atom. The van der Waals surface area contributed by atoms with Gasteiger partial charge in [-0.25, -0.2) is 0 Å². The first kappa shape index (κ1) is 12.1. The molecule has 0 fully saturated rings. The van der Waals surface area contributed by atoms with Crippen molar-refractivity contribution in [1.29, 1.82) is 0 Å². The molecule has 2 N–H and O–H groups in total. The molecular formula is C14H14BrNO. The molecule has 0 aliphatic heterocycles. The van der Waals surface area contributed by atoms with Gasteiger partial charge >= 0.3 is 0 Å². The van der Waals surface area contributed by atoms with E-state index in [-0.39, 0.29) is 5.75 Å². The van der Waals surface area contributed by atoms with Gasteiger partial charge < -0.3 is 10.4 Å². The normalized spacial score (nSPS) is 10.4. The lowest BCUT2D eigenvalue weighted by Gasteiger charge is -2.08. The maximum atomic E-state index is 9.54. The van der Waals surface area contributed by atoms with E-state index in [4.69, 9.17) is 0 Å². The molecule has 0 atom stereocenters. The topological polar surface area (TPSA) is 32.3 Å². The number of hydrogen-bond donors (Lipinski definition) is 2. The largest absolute Gasteiger partial charge is 0.507 e. The highest BCUT2D eigenvalue weighted by molar-refractivity contribution is 9.10. The molecule has 2 nitrogen and oxygen atoms in total. The van der Waals surface area contributed by atoms with Gasteiger partial charge in [-0.15, -0.1) is 0 Å². The van der Waals surface area contributed by atoms with E-state index in [1.165, 1.54) is 5.56 Å². The molecule has 2 aromatic rings. The summed E-state index contributed by atoms with van der Waals surface area (Å²) >= 11 is 3.38. The van der Waals surface area contributed by atoms with Crippen LogP contribution in [0.3, 0.4) is 0 Å². The van der Waals surface area contributed by atoms with Crippen LogP contribution >= 0.6 is 15.9 Å². The van der Waals surface area contributed by atoms with Gasteiger partial charge in [-0.05, 0) is 33.1 Å². The third kappa shape index (κ3) is 3.32. The molecular weight excluding hydrogens is 278 g/mol. The molecule has 0 unspecified atom stereocenters. The van der Waals surface area contributed by atoms with Gasteiger partial charge in [-0.1, -0.05) is 42.5 Å². The van der Waals surface area contributed by atoms with Crippen LogP contribution in [0.2, 0.25) is 0 Å². The number of benzene rings is 2. The molecule has 88 valence electrons. The quantitative estimate of drug-likeness (QED) is 0.904. The molecule has 0 aliphatic carbocycles. The van der Waals surface area contributed by atoms with Gasteiger partial charge in [0.25, 0.3) is 0 Å². The monoisotopic (exact) mass is 291 g/mol. The first-order valence-electron chi connectivity index (χ1n) is 5.48. The standard InChI is InChI=1S/C14H14BrNO/c15-14-12(7-4-8-13(14)17)10-16-9-11-5-2-1-3-6-11/h1-8,16-17H,9-10H2. The Hall–Kier alpha value is -1.32. The summed E-state index contributed by atoms with van der Waals surface area (Å²) in [5, 5.41) is 12.9. The summed E-state index contributed by atoms with van der Waals surface area (Å²) in [5.41, 5.74) is 2.31. The molecule has 2 aromatic carbocycles. The zero-order valence-corrected chi connectivity index (χ0v) is 10.9. The van der Waals surface area contributed by atoms with Crippen LogP contribution in [-0.2, 0) is 13.1 Å². The van der Waals surface area contributed by atoms with E-state index in [1.54, 1.807) is 6.07 Å². The van der Waals surface area contributed by atoms with E-state index in [9.17, 15) is 5.11 Å². The minimum absolute atomic E-state index is 0.281. The van der Waals surface area contributed by atoms with E-state index in [0.717, 1.165) is 23.1 Å². The van der Waals surface area contributed by atoms with Crippen LogP contribution in [0.5, 0.6) is 5.75 Å². The molecule has 0 saturated heterocycles. The summed E-state index contributed by atoms with van der Waals surface area (Å²) in [5.74, 6) is 0.281. The Morgan fingerprint density at radius 2 is 1.71 bits per heavy atom. The Balaban J connectivity index is 1.93. The fourth-order valence-electron chi connectivity index (χ4n) is 1.64. The van der Waals surface area contributed by atoms with Crippen molar-refractivity contribution >= 4 is 15.9 Å². The lowest BCUT2D eigenvalue weighted by Crippen LogP contribution is -2.12. The highest BCUT2D eigenvalue weighted by atomic mass is 79.9. The van der Waals surface area contributed by atoms with Gasteiger partial charge in [0.05, 0.1) is 4.47 Å².